The van der Waals surface area contributed by atoms with Gasteiger partial charge in [0.25, 0.3) is 0 Å². The van der Waals surface area contributed by atoms with E-state index in [9.17, 15) is 0 Å². The highest BCUT2D eigenvalue weighted by Crippen LogP contribution is 2.20. The van der Waals surface area contributed by atoms with Crippen molar-refractivity contribution in [3.05, 3.63) is 52.2 Å². The molecule has 0 amide bonds. The van der Waals surface area contributed by atoms with Gasteiger partial charge in [-0.25, -0.2) is 4.98 Å². The molecular formula is C15H17ClN4. The van der Waals surface area contributed by atoms with E-state index in [1.165, 1.54) is 0 Å². The fourth-order valence-electron chi connectivity index (χ4n) is 1.98. The van der Waals surface area contributed by atoms with Crippen molar-refractivity contribution in [1.29, 1.82) is 0 Å². The second-order valence-electron chi connectivity index (χ2n) is 4.63. The summed E-state index contributed by atoms with van der Waals surface area (Å²) < 4.78 is 0. The van der Waals surface area contributed by atoms with E-state index < -0.39 is 0 Å². The SMILES string of the molecule is C/C(=C\Cc1c(C)nc(N)nc1N)c1ccc(Cl)cc1. The van der Waals surface area contributed by atoms with Gasteiger partial charge in [-0.2, -0.15) is 4.98 Å². The summed E-state index contributed by atoms with van der Waals surface area (Å²) in [7, 11) is 0. The number of aryl methyl sites for hydroxylation is 1. The van der Waals surface area contributed by atoms with Gasteiger partial charge < -0.3 is 11.5 Å². The number of nitrogens with two attached hydrogens (primary N) is 2. The van der Waals surface area contributed by atoms with Crippen molar-refractivity contribution in [2.75, 3.05) is 11.5 Å². The summed E-state index contributed by atoms with van der Waals surface area (Å²) in [4.78, 5) is 8.13. The minimum atomic E-state index is 0.210. The smallest absolute Gasteiger partial charge is 0.222 e. The van der Waals surface area contributed by atoms with E-state index in [-0.39, 0.29) is 5.95 Å². The number of rotatable bonds is 3. The number of nitrogens with zero attached hydrogens (tertiary/aromatic N) is 2. The molecule has 0 atom stereocenters. The molecular weight excluding hydrogens is 272 g/mol. The highest BCUT2D eigenvalue weighted by atomic mass is 35.5. The molecule has 0 fully saturated rings. The van der Waals surface area contributed by atoms with Crippen molar-refractivity contribution in [1.82, 2.24) is 9.97 Å². The summed E-state index contributed by atoms with van der Waals surface area (Å²) in [6.45, 7) is 3.93. The average Bonchev–Trinajstić information content (AvgIpc) is 2.38. The van der Waals surface area contributed by atoms with Gasteiger partial charge in [-0.05, 0) is 43.5 Å². The minimum Gasteiger partial charge on any atom is -0.383 e. The lowest BCUT2D eigenvalue weighted by Crippen LogP contribution is -2.06. The van der Waals surface area contributed by atoms with Gasteiger partial charge in [0.05, 0.1) is 0 Å². The highest BCUT2D eigenvalue weighted by Gasteiger charge is 2.06. The zero-order valence-corrected chi connectivity index (χ0v) is 12.3. The van der Waals surface area contributed by atoms with E-state index in [4.69, 9.17) is 23.1 Å². The van der Waals surface area contributed by atoms with Crippen LogP contribution in [-0.4, -0.2) is 9.97 Å². The van der Waals surface area contributed by atoms with Gasteiger partial charge in [0.2, 0.25) is 5.95 Å². The number of allylic oxidation sites excluding steroid dienone is 2. The number of aromatic nitrogens is 2. The van der Waals surface area contributed by atoms with Crippen LogP contribution in [0.25, 0.3) is 5.57 Å². The number of hydrogen-bond acceptors (Lipinski definition) is 4. The van der Waals surface area contributed by atoms with Crippen LogP contribution in [0.4, 0.5) is 11.8 Å². The first-order valence-corrected chi connectivity index (χ1v) is 6.66. The second-order valence-corrected chi connectivity index (χ2v) is 5.07. The Kier molecular flexibility index (Phi) is 4.25. The molecule has 4 nitrogen and oxygen atoms in total. The van der Waals surface area contributed by atoms with Gasteiger partial charge in [-0.15, -0.1) is 0 Å². The quantitative estimate of drug-likeness (QED) is 0.909. The Hall–Kier alpha value is -2.07. The van der Waals surface area contributed by atoms with Gasteiger partial charge in [0.1, 0.15) is 5.82 Å². The molecule has 0 saturated heterocycles. The molecule has 0 aliphatic heterocycles. The molecule has 104 valence electrons. The van der Waals surface area contributed by atoms with Crippen LogP contribution in [0, 0.1) is 6.92 Å². The molecule has 0 radical (unpaired) electrons. The third kappa shape index (κ3) is 3.27. The van der Waals surface area contributed by atoms with Crippen molar-refractivity contribution in [3.63, 3.8) is 0 Å². The Labute approximate surface area is 123 Å². The maximum atomic E-state index is 5.89. The first-order chi connectivity index (χ1) is 9.47. The number of halogens is 1. The number of hydrogen-bond donors (Lipinski definition) is 2. The van der Waals surface area contributed by atoms with Crippen LogP contribution >= 0.6 is 11.6 Å². The zero-order valence-electron chi connectivity index (χ0n) is 11.5. The van der Waals surface area contributed by atoms with Gasteiger partial charge >= 0.3 is 0 Å². The summed E-state index contributed by atoms with van der Waals surface area (Å²) in [5.41, 5.74) is 15.5. The lowest BCUT2D eigenvalue weighted by Gasteiger charge is -2.08. The molecule has 1 aromatic heterocycles. The number of nitrogen functional groups attached to an aromatic ring is 2. The van der Waals surface area contributed by atoms with Crippen LogP contribution in [0.3, 0.4) is 0 Å². The predicted molar refractivity (Wildman–Crippen MR) is 84.4 cm³/mol. The Balaban J connectivity index is 2.23. The van der Waals surface area contributed by atoms with Crippen LogP contribution in [-0.2, 0) is 6.42 Å². The molecule has 20 heavy (non-hydrogen) atoms. The van der Waals surface area contributed by atoms with Gasteiger partial charge in [0, 0.05) is 16.3 Å². The first-order valence-electron chi connectivity index (χ1n) is 6.28. The van der Waals surface area contributed by atoms with Crippen LogP contribution in [0.2, 0.25) is 5.02 Å². The first kappa shape index (κ1) is 14.3. The molecule has 4 N–H and O–H groups in total. The third-order valence-corrected chi connectivity index (χ3v) is 3.43. The topological polar surface area (TPSA) is 77.8 Å². The van der Waals surface area contributed by atoms with Crippen LogP contribution in [0.1, 0.15) is 23.7 Å². The Morgan fingerprint density at radius 1 is 1.20 bits per heavy atom. The van der Waals surface area contributed by atoms with Crippen molar-refractivity contribution in [3.8, 4) is 0 Å². The van der Waals surface area contributed by atoms with Crippen molar-refractivity contribution in [2.24, 2.45) is 0 Å². The maximum absolute atomic E-state index is 5.89. The molecule has 0 aliphatic rings. The normalized spacial score (nSPS) is 11.7. The van der Waals surface area contributed by atoms with Crippen LogP contribution in [0.15, 0.2) is 30.3 Å². The number of anilines is 2. The van der Waals surface area contributed by atoms with E-state index in [0.717, 1.165) is 27.4 Å². The fourth-order valence-corrected chi connectivity index (χ4v) is 2.10. The van der Waals surface area contributed by atoms with E-state index in [2.05, 4.69) is 16.0 Å². The summed E-state index contributed by atoms with van der Waals surface area (Å²) in [5, 5.41) is 0.730. The fraction of sp³-hybridized carbons (Fsp3) is 0.200. The Morgan fingerprint density at radius 2 is 1.85 bits per heavy atom. The molecule has 2 aromatic rings. The zero-order chi connectivity index (χ0) is 14.7. The van der Waals surface area contributed by atoms with Crippen molar-refractivity contribution < 1.29 is 0 Å². The lowest BCUT2D eigenvalue weighted by molar-refractivity contribution is 1.05. The third-order valence-electron chi connectivity index (χ3n) is 3.18. The van der Waals surface area contributed by atoms with Gasteiger partial charge in [-0.3, -0.25) is 0 Å². The van der Waals surface area contributed by atoms with E-state index in [0.29, 0.717) is 12.2 Å². The Bertz CT molecular complexity index is 624. The minimum absolute atomic E-state index is 0.210. The summed E-state index contributed by atoms with van der Waals surface area (Å²) in [6.07, 6.45) is 2.77. The summed E-state index contributed by atoms with van der Waals surface area (Å²) >= 11 is 5.88. The van der Waals surface area contributed by atoms with Crippen LogP contribution < -0.4 is 11.5 Å². The molecule has 2 rings (SSSR count). The van der Waals surface area contributed by atoms with E-state index in [1.54, 1.807) is 0 Å². The molecule has 0 saturated carbocycles. The second kappa shape index (κ2) is 5.92. The van der Waals surface area contributed by atoms with Gasteiger partial charge in [-0.1, -0.05) is 29.8 Å². The van der Waals surface area contributed by atoms with Crippen molar-refractivity contribution in [2.45, 2.75) is 20.3 Å². The van der Waals surface area contributed by atoms with Gasteiger partial charge in [0.15, 0.2) is 0 Å². The molecule has 0 bridgehead atoms. The predicted octanol–water partition coefficient (Wildman–Crippen LogP) is 3.25. The average molecular weight is 289 g/mol. The lowest BCUT2D eigenvalue weighted by atomic mass is 10.0. The summed E-state index contributed by atoms with van der Waals surface area (Å²) in [5.74, 6) is 0.650. The largest absolute Gasteiger partial charge is 0.383 e. The van der Waals surface area contributed by atoms with Crippen LogP contribution in [0.5, 0.6) is 0 Å². The van der Waals surface area contributed by atoms with Crippen molar-refractivity contribution >= 4 is 28.9 Å². The van der Waals surface area contributed by atoms with E-state index in [1.807, 2.05) is 38.1 Å². The standard InChI is InChI=1S/C15H17ClN4/c1-9(11-4-6-12(16)7-5-11)3-8-13-10(2)19-15(18)20-14(13)17/h3-7H,8H2,1-2H3,(H4,17,18,19,20)/b9-3+. The summed E-state index contributed by atoms with van der Waals surface area (Å²) in [6, 6.07) is 7.73. The van der Waals surface area contributed by atoms with E-state index >= 15 is 0 Å². The maximum Gasteiger partial charge on any atom is 0.222 e. The monoisotopic (exact) mass is 288 g/mol. The molecule has 5 heteroatoms. The highest BCUT2D eigenvalue weighted by molar-refractivity contribution is 6.30. The molecule has 0 spiro atoms. The number of benzene rings is 1. The molecule has 1 heterocycles. The molecule has 0 aliphatic carbocycles. The Morgan fingerprint density at radius 3 is 2.45 bits per heavy atom. The molecule has 0 unspecified atom stereocenters. The molecule has 1 aromatic carbocycles.